The second-order valence-electron chi connectivity index (χ2n) is 3.70. The molecule has 0 amide bonds. The zero-order valence-corrected chi connectivity index (χ0v) is 10.8. The van der Waals surface area contributed by atoms with Crippen molar-refractivity contribution in [2.75, 3.05) is 39.5 Å². The first kappa shape index (κ1) is 15.4. The SMILES string of the molecule is CCCN(CCC)CCOCC(=O)OCC. The molecule has 0 aromatic carbocycles. The van der Waals surface area contributed by atoms with Crippen LogP contribution in [-0.4, -0.2) is 50.3 Å². The largest absolute Gasteiger partial charge is 0.464 e. The van der Waals surface area contributed by atoms with E-state index in [9.17, 15) is 4.79 Å². The summed E-state index contributed by atoms with van der Waals surface area (Å²) in [6.45, 7) is 10.3. The molecule has 0 saturated carbocycles. The summed E-state index contributed by atoms with van der Waals surface area (Å²) in [5.74, 6) is -0.278. The van der Waals surface area contributed by atoms with Crippen LogP contribution in [0.25, 0.3) is 0 Å². The fourth-order valence-electron chi connectivity index (χ4n) is 1.52. The van der Waals surface area contributed by atoms with Crippen LogP contribution >= 0.6 is 0 Å². The maximum atomic E-state index is 11.0. The van der Waals surface area contributed by atoms with Gasteiger partial charge in [-0.3, -0.25) is 0 Å². The lowest BCUT2D eigenvalue weighted by Gasteiger charge is -2.20. The van der Waals surface area contributed by atoms with E-state index < -0.39 is 0 Å². The van der Waals surface area contributed by atoms with Crippen molar-refractivity contribution in [2.45, 2.75) is 33.6 Å². The molecule has 0 spiro atoms. The molecule has 4 nitrogen and oxygen atoms in total. The van der Waals surface area contributed by atoms with Crippen LogP contribution in [0.15, 0.2) is 0 Å². The topological polar surface area (TPSA) is 38.8 Å². The standard InChI is InChI=1S/C12H25NO3/c1-4-7-13(8-5-2)9-10-15-11-12(14)16-6-3/h4-11H2,1-3H3. The molecule has 0 N–H and O–H groups in total. The number of rotatable bonds is 10. The first-order chi connectivity index (χ1) is 7.74. The Hall–Kier alpha value is -0.610. The summed E-state index contributed by atoms with van der Waals surface area (Å²) in [6.07, 6.45) is 2.30. The molecule has 16 heavy (non-hydrogen) atoms. The highest BCUT2D eigenvalue weighted by Crippen LogP contribution is 1.94. The lowest BCUT2D eigenvalue weighted by atomic mass is 10.3. The molecule has 0 fully saturated rings. The van der Waals surface area contributed by atoms with E-state index in [4.69, 9.17) is 9.47 Å². The van der Waals surface area contributed by atoms with Gasteiger partial charge in [-0.25, -0.2) is 4.79 Å². The molecule has 0 aliphatic rings. The minimum atomic E-state index is -0.278. The van der Waals surface area contributed by atoms with E-state index in [0.29, 0.717) is 13.2 Å². The molecule has 0 atom stereocenters. The van der Waals surface area contributed by atoms with Gasteiger partial charge in [0.2, 0.25) is 0 Å². The third kappa shape index (κ3) is 8.68. The third-order valence-electron chi connectivity index (χ3n) is 2.16. The molecule has 0 unspecified atom stereocenters. The molecule has 0 heterocycles. The van der Waals surface area contributed by atoms with Crippen molar-refractivity contribution < 1.29 is 14.3 Å². The van der Waals surface area contributed by atoms with E-state index in [-0.39, 0.29) is 12.6 Å². The van der Waals surface area contributed by atoms with Gasteiger partial charge in [-0.2, -0.15) is 0 Å². The molecule has 0 aromatic heterocycles. The summed E-state index contributed by atoms with van der Waals surface area (Å²) >= 11 is 0. The summed E-state index contributed by atoms with van der Waals surface area (Å²) in [5, 5.41) is 0. The molecular weight excluding hydrogens is 206 g/mol. The molecule has 0 aromatic rings. The lowest BCUT2D eigenvalue weighted by Crippen LogP contribution is -2.30. The highest BCUT2D eigenvalue weighted by Gasteiger charge is 2.04. The molecule has 0 saturated heterocycles. The maximum Gasteiger partial charge on any atom is 0.332 e. The van der Waals surface area contributed by atoms with Crippen molar-refractivity contribution in [3.63, 3.8) is 0 Å². The first-order valence-electron chi connectivity index (χ1n) is 6.20. The monoisotopic (exact) mass is 231 g/mol. The zero-order chi connectivity index (χ0) is 12.2. The van der Waals surface area contributed by atoms with Crippen molar-refractivity contribution >= 4 is 5.97 Å². The van der Waals surface area contributed by atoms with Crippen molar-refractivity contribution in [1.29, 1.82) is 0 Å². The Labute approximate surface area is 98.9 Å². The number of hydrogen-bond acceptors (Lipinski definition) is 4. The second kappa shape index (κ2) is 10.9. The van der Waals surface area contributed by atoms with E-state index in [1.807, 2.05) is 0 Å². The highest BCUT2D eigenvalue weighted by molar-refractivity contribution is 5.70. The third-order valence-corrected chi connectivity index (χ3v) is 2.16. The zero-order valence-electron chi connectivity index (χ0n) is 10.8. The maximum absolute atomic E-state index is 11.0. The number of carbonyl (C=O) groups excluding carboxylic acids is 1. The van der Waals surface area contributed by atoms with E-state index in [2.05, 4.69) is 18.7 Å². The Kier molecular flexibility index (Phi) is 10.5. The van der Waals surface area contributed by atoms with Gasteiger partial charge in [0, 0.05) is 6.54 Å². The number of hydrogen-bond donors (Lipinski definition) is 0. The van der Waals surface area contributed by atoms with Crippen molar-refractivity contribution in [2.24, 2.45) is 0 Å². The smallest absolute Gasteiger partial charge is 0.332 e. The number of nitrogens with zero attached hydrogens (tertiary/aromatic N) is 1. The van der Waals surface area contributed by atoms with Gasteiger partial charge < -0.3 is 14.4 Å². The van der Waals surface area contributed by atoms with Gasteiger partial charge in [-0.15, -0.1) is 0 Å². The fraction of sp³-hybridized carbons (Fsp3) is 0.917. The predicted molar refractivity (Wildman–Crippen MR) is 64.5 cm³/mol. The molecule has 0 bridgehead atoms. The van der Waals surface area contributed by atoms with Gasteiger partial charge in [-0.1, -0.05) is 13.8 Å². The Morgan fingerprint density at radius 1 is 1.06 bits per heavy atom. The van der Waals surface area contributed by atoms with Crippen LogP contribution < -0.4 is 0 Å². The quantitative estimate of drug-likeness (QED) is 0.423. The van der Waals surface area contributed by atoms with Crippen molar-refractivity contribution in [3.05, 3.63) is 0 Å². The molecular formula is C12H25NO3. The van der Waals surface area contributed by atoms with Crippen LogP contribution in [0, 0.1) is 0 Å². The van der Waals surface area contributed by atoms with Gasteiger partial charge in [0.1, 0.15) is 6.61 Å². The Bertz CT molecular complexity index is 168. The summed E-state index contributed by atoms with van der Waals surface area (Å²) < 4.78 is 10.0. The summed E-state index contributed by atoms with van der Waals surface area (Å²) in [5.41, 5.74) is 0. The molecule has 0 rings (SSSR count). The second-order valence-corrected chi connectivity index (χ2v) is 3.70. The molecule has 0 aliphatic heterocycles. The predicted octanol–water partition coefficient (Wildman–Crippen LogP) is 1.69. The summed E-state index contributed by atoms with van der Waals surface area (Å²) in [4.78, 5) is 13.3. The van der Waals surface area contributed by atoms with Gasteiger partial charge in [0.05, 0.1) is 13.2 Å². The number of carbonyl (C=O) groups is 1. The van der Waals surface area contributed by atoms with Crippen LogP contribution in [0.3, 0.4) is 0 Å². The van der Waals surface area contributed by atoms with Gasteiger partial charge in [0.25, 0.3) is 0 Å². The van der Waals surface area contributed by atoms with E-state index in [0.717, 1.165) is 32.5 Å². The van der Waals surface area contributed by atoms with Crippen LogP contribution in [0.1, 0.15) is 33.6 Å². The van der Waals surface area contributed by atoms with Crippen LogP contribution in [0.2, 0.25) is 0 Å². The van der Waals surface area contributed by atoms with Crippen LogP contribution in [0.5, 0.6) is 0 Å². The highest BCUT2D eigenvalue weighted by atomic mass is 16.6. The fourth-order valence-corrected chi connectivity index (χ4v) is 1.52. The Balaban J connectivity index is 3.49. The minimum absolute atomic E-state index is 0.0694. The molecule has 0 aliphatic carbocycles. The van der Waals surface area contributed by atoms with Crippen LogP contribution in [0.4, 0.5) is 0 Å². The average Bonchev–Trinajstić information content (AvgIpc) is 2.25. The van der Waals surface area contributed by atoms with Gasteiger partial charge in [-0.05, 0) is 32.9 Å². The first-order valence-corrected chi connectivity index (χ1v) is 6.20. The molecule has 4 heteroatoms. The van der Waals surface area contributed by atoms with E-state index in [1.165, 1.54) is 0 Å². The lowest BCUT2D eigenvalue weighted by molar-refractivity contribution is -0.148. The van der Waals surface area contributed by atoms with E-state index >= 15 is 0 Å². The van der Waals surface area contributed by atoms with Gasteiger partial charge in [0.15, 0.2) is 0 Å². The Morgan fingerprint density at radius 2 is 1.69 bits per heavy atom. The molecule has 96 valence electrons. The summed E-state index contributed by atoms with van der Waals surface area (Å²) in [6, 6.07) is 0. The normalized spacial score (nSPS) is 10.8. The number of ether oxygens (including phenoxy) is 2. The van der Waals surface area contributed by atoms with Crippen molar-refractivity contribution in [1.82, 2.24) is 4.90 Å². The van der Waals surface area contributed by atoms with Crippen molar-refractivity contribution in [3.8, 4) is 0 Å². The summed E-state index contributed by atoms with van der Waals surface area (Å²) in [7, 11) is 0. The molecule has 0 radical (unpaired) electrons. The number of esters is 1. The van der Waals surface area contributed by atoms with E-state index in [1.54, 1.807) is 6.92 Å². The average molecular weight is 231 g/mol. The minimum Gasteiger partial charge on any atom is -0.464 e. The van der Waals surface area contributed by atoms with Crippen LogP contribution in [-0.2, 0) is 14.3 Å². The van der Waals surface area contributed by atoms with Gasteiger partial charge >= 0.3 is 5.97 Å². The Morgan fingerprint density at radius 3 is 2.19 bits per heavy atom.